The number of nitrogens with zero attached hydrogens (tertiary/aromatic N) is 1. The number of rotatable bonds is 5. The van der Waals surface area contributed by atoms with Gasteiger partial charge >= 0.3 is 0 Å². The zero-order chi connectivity index (χ0) is 15.6. The number of benzene rings is 1. The topological polar surface area (TPSA) is 33.0 Å². The minimum atomic E-state index is 0.594. The van der Waals surface area contributed by atoms with E-state index in [0.29, 0.717) is 11.5 Å². The van der Waals surface area contributed by atoms with Crippen LogP contribution in [-0.4, -0.2) is 6.61 Å². The molecule has 0 saturated heterocycles. The second-order valence-electron chi connectivity index (χ2n) is 4.62. The SMILES string of the molecule is CCCC=CCOc1ccc(C#Cc2ccc(C#N)s2)cc1. The molecule has 0 aliphatic rings. The summed E-state index contributed by atoms with van der Waals surface area (Å²) in [5.41, 5.74) is 0.931. The van der Waals surface area contributed by atoms with E-state index in [0.717, 1.165) is 29.0 Å². The second-order valence-corrected chi connectivity index (χ2v) is 5.70. The molecule has 2 aromatic rings. The fourth-order valence-electron chi connectivity index (χ4n) is 1.73. The van der Waals surface area contributed by atoms with Gasteiger partial charge in [-0.05, 0) is 42.8 Å². The fraction of sp³-hybridized carbons (Fsp3) is 0.211. The molecule has 1 aromatic heterocycles. The highest BCUT2D eigenvalue weighted by Crippen LogP contribution is 2.15. The van der Waals surface area contributed by atoms with E-state index in [-0.39, 0.29) is 0 Å². The number of allylic oxidation sites excluding steroid dienone is 1. The van der Waals surface area contributed by atoms with Crippen LogP contribution in [0.25, 0.3) is 0 Å². The average Bonchev–Trinajstić information content (AvgIpc) is 3.02. The van der Waals surface area contributed by atoms with Crippen molar-refractivity contribution >= 4 is 11.3 Å². The van der Waals surface area contributed by atoms with Crippen molar-refractivity contribution in [2.75, 3.05) is 6.61 Å². The van der Waals surface area contributed by atoms with Gasteiger partial charge in [0.05, 0.1) is 4.88 Å². The lowest BCUT2D eigenvalue weighted by atomic mass is 10.2. The Morgan fingerprint density at radius 3 is 2.50 bits per heavy atom. The molecule has 0 N–H and O–H groups in total. The first-order chi connectivity index (χ1) is 10.8. The van der Waals surface area contributed by atoms with Gasteiger partial charge in [-0.3, -0.25) is 0 Å². The Morgan fingerprint density at radius 1 is 1.05 bits per heavy atom. The van der Waals surface area contributed by atoms with E-state index in [9.17, 15) is 0 Å². The van der Waals surface area contributed by atoms with E-state index in [2.05, 4.69) is 30.9 Å². The van der Waals surface area contributed by atoms with Gasteiger partial charge in [0.15, 0.2) is 0 Å². The molecular formula is C19H17NOS. The summed E-state index contributed by atoms with van der Waals surface area (Å²) in [5, 5.41) is 8.78. The molecule has 110 valence electrons. The van der Waals surface area contributed by atoms with Crippen molar-refractivity contribution in [3.63, 3.8) is 0 Å². The van der Waals surface area contributed by atoms with E-state index in [1.165, 1.54) is 11.3 Å². The standard InChI is InChI=1S/C19H17NOS/c1-2-3-4-5-14-21-17-9-6-16(7-10-17)8-11-18-12-13-19(15-20)22-18/h4-7,9-10,12-13H,2-3,14H2,1H3. The molecule has 1 aromatic carbocycles. The highest BCUT2D eigenvalue weighted by molar-refractivity contribution is 7.13. The van der Waals surface area contributed by atoms with E-state index in [4.69, 9.17) is 10.00 Å². The van der Waals surface area contributed by atoms with Crippen molar-refractivity contribution in [1.82, 2.24) is 0 Å². The number of hydrogen-bond donors (Lipinski definition) is 0. The van der Waals surface area contributed by atoms with Crippen molar-refractivity contribution in [2.45, 2.75) is 19.8 Å². The molecule has 0 aliphatic heterocycles. The molecule has 0 saturated carbocycles. The minimum Gasteiger partial charge on any atom is -0.490 e. The number of thiophene rings is 1. The Balaban J connectivity index is 1.91. The van der Waals surface area contributed by atoms with E-state index >= 15 is 0 Å². The predicted molar refractivity (Wildman–Crippen MR) is 91.0 cm³/mol. The van der Waals surface area contributed by atoms with Crippen LogP contribution >= 0.6 is 11.3 Å². The second kappa shape index (κ2) is 8.72. The Hall–Kier alpha value is -2.49. The van der Waals surface area contributed by atoms with Crippen LogP contribution in [0.1, 0.15) is 35.1 Å². The first-order valence-corrected chi connectivity index (χ1v) is 8.03. The summed E-state index contributed by atoms with van der Waals surface area (Å²) in [6.07, 6.45) is 6.43. The van der Waals surface area contributed by atoms with Gasteiger partial charge in [-0.1, -0.05) is 37.3 Å². The summed E-state index contributed by atoms with van der Waals surface area (Å²) in [7, 11) is 0. The molecule has 2 nitrogen and oxygen atoms in total. The normalized spacial score (nSPS) is 10.0. The molecule has 0 atom stereocenters. The largest absolute Gasteiger partial charge is 0.490 e. The average molecular weight is 307 g/mol. The molecule has 0 aliphatic carbocycles. The molecule has 22 heavy (non-hydrogen) atoms. The lowest BCUT2D eigenvalue weighted by Gasteiger charge is -2.02. The lowest BCUT2D eigenvalue weighted by Crippen LogP contribution is -1.92. The van der Waals surface area contributed by atoms with Crippen LogP contribution in [0.15, 0.2) is 48.6 Å². The Kier molecular flexibility index (Phi) is 6.30. The van der Waals surface area contributed by atoms with Crippen LogP contribution in [0.3, 0.4) is 0 Å². The van der Waals surface area contributed by atoms with E-state index in [1.54, 1.807) is 6.07 Å². The van der Waals surface area contributed by atoms with Crippen molar-refractivity contribution in [2.24, 2.45) is 0 Å². The molecule has 3 heteroatoms. The predicted octanol–water partition coefficient (Wildman–Crippen LogP) is 4.75. The van der Waals surface area contributed by atoms with Gasteiger partial charge in [0.25, 0.3) is 0 Å². The Bertz CT molecular complexity index is 723. The molecule has 0 spiro atoms. The van der Waals surface area contributed by atoms with Gasteiger partial charge in [0.2, 0.25) is 0 Å². The maximum atomic E-state index is 8.78. The molecular weight excluding hydrogens is 290 g/mol. The number of unbranched alkanes of at least 4 members (excludes halogenated alkanes) is 1. The van der Waals surface area contributed by atoms with Gasteiger partial charge in [-0.2, -0.15) is 5.26 Å². The highest BCUT2D eigenvalue weighted by atomic mass is 32.1. The summed E-state index contributed by atoms with van der Waals surface area (Å²) in [6.45, 7) is 2.75. The molecule has 0 amide bonds. The molecule has 0 radical (unpaired) electrons. The monoisotopic (exact) mass is 307 g/mol. The Morgan fingerprint density at radius 2 is 1.82 bits per heavy atom. The summed E-state index contributed by atoms with van der Waals surface area (Å²) in [6, 6.07) is 13.5. The van der Waals surface area contributed by atoms with Crippen LogP contribution in [-0.2, 0) is 0 Å². The minimum absolute atomic E-state index is 0.594. The smallest absolute Gasteiger partial charge is 0.119 e. The molecule has 0 unspecified atom stereocenters. The van der Waals surface area contributed by atoms with Crippen molar-refractivity contribution in [1.29, 1.82) is 5.26 Å². The van der Waals surface area contributed by atoms with Gasteiger partial charge < -0.3 is 4.74 Å². The third-order valence-electron chi connectivity index (χ3n) is 2.87. The summed E-state index contributed by atoms with van der Waals surface area (Å²) >= 11 is 1.41. The highest BCUT2D eigenvalue weighted by Gasteiger charge is 1.95. The zero-order valence-corrected chi connectivity index (χ0v) is 13.3. The van der Waals surface area contributed by atoms with Crippen LogP contribution in [0.5, 0.6) is 5.75 Å². The van der Waals surface area contributed by atoms with Crippen molar-refractivity contribution < 1.29 is 4.74 Å². The molecule has 1 heterocycles. The maximum absolute atomic E-state index is 8.78. The number of hydrogen-bond acceptors (Lipinski definition) is 3. The van der Waals surface area contributed by atoms with Crippen molar-refractivity contribution in [3.8, 4) is 23.7 Å². The number of ether oxygens (including phenoxy) is 1. The summed E-state index contributed by atoms with van der Waals surface area (Å²) < 4.78 is 5.62. The first kappa shape index (κ1) is 15.9. The van der Waals surface area contributed by atoms with Crippen LogP contribution in [0.2, 0.25) is 0 Å². The lowest BCUT2D eigenvalue weighted by molar-refractivity contribution is 0.362. The van der Waals surface area contributed by atoms with Crippen molar-refractivity contribution in [3.05, 3.63) is 63.9 Å². The zero-order valence-electron chi connectivity index (χ0n) is 12.5. The summed E-state index contributed by atoms with van der Waals surface area (Å²) in [5.74, 6) is 7.00. The molecule has 0 fully saturated rings. The first-order valence-electron chi connectivity index (χ1n) is 7.21. The van der Waals surface area contributed by atoms with Crippen LogP contribution < -0.4 is 4.74 Å². The van der Waals surface area contributed by atoms with Gasteiger partial charge in [0.1, 0.15) is 23.3 Å². The third-order valence-corrected chi connectivity index (χ3v) is 3.77. The third kappa shape index (κ3) is 5.13. The quantitative estimate of drug-likeness (QED) is 0.589. The number of nitriles is 1. The Labute approximate surface area is 135 Å². The van der Waals surface area contributed by atoms with Gasteiger partial charge in [-0.15, -0.1) is 11.3 Å². The van der Waals surface area contributed by atoms with E-state index < -0.39 is 0 Å². The van der Waals surface area contributed by atoms with Gasteiger partial charge in [-0.25, -0.2) is 0 Å². The molecule has 2 rings (SSSR count). The fourth-order valence-corrected chi connectivity index (χ4v) is 2.39. The van der Waals surface area contributed by atoms with E-state index in [1.807, 2.05) is 36.4 Å². The van der Waals surface area contributed by atoms with Gasteiger partial charge in [0, 0.05) is 5.56 Å². The summed E-state index contributed by atoms with van der Waals surface area (Å²) in [4.78, 5) is 1.59. The maximum Gasteiger partial charge on any atom is 0.119 e. The molecule has 0 bridgehead atoms. The van der Waals surface area contributed by atoms with Crippen LogP contribution in [0, 0.1) is 23.2 Å². The van der Waals surface area contributed by atoms with Crippen LogP contribution in [0.4, 0.5) is 0 Å².